The van der Waals surface area contributed by atoms with Crippen molar-refractivity contribution in [1.82, 2.24) is 0 Å². The van der Waals surface area contributed by atoms with Gasteiger partial charge in [-0.15, -0.1) is 0 Å². The number of hydrogen-bond donors (Lipinski definition) is 4. The molecule has 0 spiro atoms. The van der Waals surface area contributed by atoms with Gasteiger partial charge in [-0.2, -0.15) is 0 Å². The number of rotatable bonds is 20. The summed E-state index contributed by atoms with van der Waals surface area (Å²) in [5.74, 6) is 0. The average Bonchev–Trinajstić information content (AvgIpc) is 2.67. The van der Waals surface area contributed by atoms with Gasteiger partial charge in [-0.25, -0.2) is 0 Å². The van der Waals surface area contributed by atoms with E-state index in [4.69, 9.17) is 10.2 Å². The molecule has 2 atom stereocenters. The fourth-order valence-electron chi connectivity index (χ4n) is 3.26. The Hall–Kier alpha value is -0.160. The molecule has 0 aromatic rings. The minimum Gasteiger partial charge on any atom is -0.396 e. The first-order valence-electron chi connectivity index (χ1n) is 12.2. The Morgan fingerprint density at radius 2 is 0.714 bits per heavy atom. The maximum absolute atomic E-state index is 9.33. The van der Waals surface area contributed by atoms with Crippen LogP contribution in [0.4, 0.5) is 0 Å². The standard InChI is InChI=1S/2C12H26O2/c2*1-2-3-4-5-6-7-8-9-12(14)10-11-13/h2*12-14H,2-11H2,1H3. The van der Waals surface area contributed by atoms with Gasteiger partial charge in [-0.05, 0) is 25.7 Å². The summed E-state index contributed by atoms with van der Waals surface area (Å²) in [5, 5.41) is 35.8. The van der Waals surface area contributed by atoms with Gasteiger partial charge in [-0.1, -0.05) is 104 Å². The first-order valence-corrected chi connectivity index (χ1v) is 12.2. The number of unbranched alkanes of at least 4 members (excludes halogenated alkanes) is 12. The molecule has 2 unspecified atom stereocenters. The SMILES string of the molecule is CCCCCCCCCC(O)CCO.CCCCCCCCCC(O)CCO. The van der Waals surface area contributed by atoms with E-state index in [0.29, 0.717) is 12.8 Å². The van der Waals surface area contributed by atoms with Crippen LogP contribution in [0.2, 0.25) is 0 Å². The van der Waals surface area contributed by atoms with Crippen LogP contribution in [-0.4, -0.2) is 45.8 Å². The van der Waals surface area contributed by atoms with Crippen molar-refractivity contribution in [2.75, 3.05) is 13.2 Å². The largest absolute Gasteiger partial charge is 0.396 e. The van der Waals surface area contributed by atoms with Crippen LogP contribution in [0.3, 0.4) is 0 Å². The molecule has 0 fully saturated rings. The molecule has 0 amide bonds. The second kappa shape index (κ2) is 26.8. The Morgan fingerprint density at radius 3 is 1.00 bits per heavy atom. The third kappa shape index (κ3) is 28.1. The highest BCUT2D eigenvalue weighted by atomic mass is 16.3. The second-order valence-corrected chi connectivity index (χ2v) is 8.15. The van der Waals surface area contributed by atoms with Crippen molar-refractivity contribution >= 4 is 0 Å². The number of aliphatic hydroxyl groups excluding tert-OH is 4. The lowest BCUT2D eigenvalue weighted by atomic mass is 10.1. The minimum atomic E-state index is -0.282. The Bertz CT molecular complexity index is 235. The zero-order valence-electron chi connectivity index (χ0n) is 19.1. The van der Waals surface area contributed by atoms with Crippen LogP contribution in [-0.2, 0) is 0 Å². The molecule has 28 heavy (non-hydrogen) atoms. The predicted molar refractivity (Wildman–Crippen MR) is 121 cm³/mol. The minimum absolute atomic E-state index is 0.109. The molecule has 0 saturated carbocycles. The van der Waals surface area contributed by atoms with E-state index in [1.807, 2.05) is 0 Å². The lowest BCUT2D eigenvalue weighted by Gasteiger charge is -2.07. The molecule has 0 aliphatic carbocycles. The van der Waals surface area contributed by atoms with Gasteiger partial charge in [0.1, 0.15) is 0 Å². The third-order valence-corrected chi connectivity index (χ3v) is 5.21. The van der Waals surface area contributed by atoms with Crippen LogP contribution in [0.15, 0.2) is 0 Å². The first kappa shape index (κ1) is 30.0. The summed E-state index contributed by atoms with van der Waals surface area (Å²) in [6, 6.07) is 0. The van der Waals surface area contributed by atoms with E-state index >= 15 is 0 Å². The predicted octanol–water partition coefficient (Wildman–Crippen LogP) is 5.74. The molecule has 0 aromatic heterocycles. The quantitative estimate of drug-likeness (QED) is 0.195. The highest BCUT2D eigenvalue weighted by Gasteiger charge is 2.02. The first-order chi connectivity index (χ1) is 13.6. The summed E-state index contributed by atoms with van der Waals surface area (Å²) in [5.41, 5.74) is 0. The lowest BCUT2D eigenvalue weighted by molar-refractivity contribution is 0.122. The third-order valence-electron chi connectivity index (χ3n) is 5.21. The lowest BCUT2D eigenvalue weighted by Crippen LogP contribution is -2.08. The van der Waals surface area contributed by atoms with Gasteiger partial charge < -0.3 is 20.4 Å². The van der Waals surface area contributed by atoms with Crippen molar-refractivity contribution in [3.63, 3.8) is 0 Å². The van der Waals surface area contributed by atoms with Crippen molar-refractivity contribution in [3.05, 3.63) is 0 Å². The molecular weight excluding hydrogens is 352 g/mol. The van der Waals surface area contributed by atoms with Gasteiger partial charge in [0, 0.05) is 13.2 Å². The van der Waals surface area contributed by atoms with Gasteiger partial charge in [0.2, 0.25) is 0 Å². The summed E-state index contributed by atoms with van der Waals surface area (Å²) in [4.78, 5) is 0. The van der Waals surface area contributed by atoms with Gasteiger partial charge in [0.25, 0.3) is 0 Å². The summed E-state index contributed by atoms with van der Waals surface area (Å²) in [7, 11) is 0. The van der Waals surface area contributed by atoms with E-state index in [1.165, 1.54) is 77.0 Å². The molecule has 0 aromatic carbocycles. The summed E-state index contributed by atoms with van der Waals surface area (Å²) in [6.45, 7) is 4.67. The van der Waals surface area contributed by atoms with Crippen molar-refractivity contribution < 1.29 is 20.4 Å². The molecule has 4 N–H and O–H groups in total. The topological polar surface area (TPSA) is 80.9 Å². The number of aliphatic hydroxyl groups is 4. The Labute approximate surface area is 175 Å². The van der Waals surface area contributed by atoms with Crippen LogP contribution in [0.1, 0.15) is 129 Å². The molecular formula is C24H52O4. The monoisotopic (exact) mass is 404 g/mol. The zero-order valence-corrected chi connectivity index (χ0v) is 19.1. The fraction of sp³-hybridized carbons (Fsp3) is 1.00. The van der Waals surface area contributed by atoms with Crippen LogP contribution in [0, 0.1) is 0 Å². The molecule has 0 aliphatic rings. The van der Waals surface area contributed by atoms with Crippen LogP contribution < -0.4 is 0 Å². The maximum Gasteiger partial charge on any atom is 0.0562 e. The van der Waals surface area contributed by atoms with Gasteiger partial charge in [0.05, 0.1) is 12.2 Å². The molecule has 0 radical (unpaired) electrons. The van der Waals surface area contributed by atoms with E-state index in [2.05, 4.69) is 13.8 Å². The van der Waals surface area contributed by atoms with Crippen LogP contribution in [0.25, 0.3) is 0 Å². The van der Waals surface area contributed by atoms with Crippen LogP contribution >= 0.6 is 0 Å². The van der Waals surface area contributed by atoms with Gasteiger partial charge in [0.15, 0.2) is 0 Å². The van der Waals surface area contributed by atoms with E-state index in [1.54, 1.807) is 0 Å². The Kier molecular flexibility index (Phi) is 28.8. The zero-order chi connectivity index (χ0) is 21.3. The van der Waals surface area contributed by atoms with Crippen LogP contribution in [0.5, 0.6) is 0 Å². The molecule has 4 nitrogen and oxygen atoms in total. The smallest absolute Gasteiger partial charge is 0.0562 e. The Morgan fingerprint density at radius 1 is 0.429 bits per heavy atom. The summed E-state index contributed by atoms with van der Waals surface area (Å²) >= 11 is 0. The molecule has 0 bridgehead atoms. The van der Waals surface area contributed by atoms with E-state index in [9.17, 15) is 10.2 Å². The summed E-state index contributed by atoms with van der Waals surface area (Å²) in [6.07, 6.45) is 20.2. The molecule has 0 rings (SSSR count). The summed E-state index contributed by atoms with van der Waals surface area (Å²) < 4.78 is 0. The van der Waals surface area contributed by atoms with E-state index < -0.39 is 0 Å². The average molecular weight is 405 g/mol. The fourth-order valence-corrected chi connectivity index (χ4v) is 3.26. The maximum atomic E-state index is 9.33. The van der Waals surface area contributed by atoms with Crippen molar-refractivity contribution in [1.29, 1.82) is 0 Å². The molecule has 172 valence electrons. The molecule has 0 saturated heterocycles. The van der Waals surface area contributed by atoms with E-state index in [-0.39, 0.29) is 25.4 Å². The van der Waals surface area contributed by atoms with Crippen molar-refractivity contribution in [2.45, 2.75) is 142 Å². The van der Waals surface area contributed by atoms with Gasteiger partial charge >= 0.3 is 0 Å². The van der Waals surface area contributed by atoms with Crippen molar-refractivity contribution in [2.24, 2.45) is 0 Å². The highest BCUT2D eigenvalue weighted by Crippen LogP contribution is 2.11. The van der Waals surface area contributed by atoms with Crippen molar-refractivity contribution in [3.8, 4) is 0 Å². The second-order valence-electron chi connectivity index (χ2n) is 8.15. The highest BCUT2D eigenvalue weighted by molar-refractivity contribution is 4.56. The molecule has 4 heteroatoms. The molecule has 0 heterocycles. The number of hydrogen-bond acceptors (Lipinski definition) is 4. The normalized spacial score (nSPS) is 13.1. The molecule has 0 aliphatic heterocycles. The van der Waals surface area contributed by atoms with E-state index in [0.717, 1.165) is 25.7 Å². The van der Waals surface area contributed by atoms with Gasteiger partial charge in [-0.3, -0.25) is 0 Å². The Balaban J connectivity index is 0.